The fourth-order valence-electron chi connectivity index (χ4n) is 1.53. The number of carbonyl (C=O) groups is 2. The van der Waals surface area contributed by atoms with Crippen molar-refractivity contribution in [2.24, 2.45) is 5.92 Å². The van der Waals surface area contributed by atoms with Crippen molar-refractivity contribution in [3.63, 3.8) is 0 Å². The molecule has 1 aliphatic heterocycles. The fourth-order valence-corrected chi connectivity index (χ4v) is 1.53. The van der Waals surface area contributed by atoms with Crippen LogP contribution in [0.15, 0.2) is 0 Å². The predicted molar refractivity (Wildman–Crippen MR) is 56.0 cm³/mol. The third-order valence-corrected chi connectivity index (χ3v) is 2.55. The number of hydrogen-bond donors (Lipinski definition) is 1. The Morgan fingerprint density at radius 1 is 1.56 bits per heavy atom. The number of carbonyl (C=O) groups excluding carboxylic acids is 1. The number of esters is 1. The largest absolute Gasteiger partial charge is 0.481 e. The molecular formula is C10H15BO5. The van der Waals surface area contributed by atoms with E-state index < -0.39 is 30.1 Å². The Bertz CT molecular complexity index is 298. The summed E-state index contributed by atoms with van der Waals surface area (Å²) in [5, 5.41) is 8.43. The Labute approximate surface area is 96.9 Å². The summed E-state index contributed by atoms with van der Waals surface area (Å²) >= 11 is 0. The molecule has 2 radical (unpaired) electrons. The monoisotopic (exact) mass is 227 g/mol. The molecule has 0 aromatic rings. The summed E-state index contributed by atoms with van der Waals surface area (Å²) in [6, 6.07) is -0.553. The molecular weight excluding hydrogens is 211 g/mol. The molecule has 1 N–H and O–H groups in total. The maximum Gasteiger partial charge on any atom is 0.306 e. The van der Waals surface area contributed by atoms with E-state index in [9.17, 15) is 9.59 Å². The van der Waals surface area contributed by atoms with E-state index >= 15 is 0 Å². The number of carboxylic acid groups (broad SMARTS) is 1. The van der Waals surface area contributed by atoms with Crippen molar-refractivity contribution < 1.29 is 25.5 Å². The fraction of sp³-hybridized carbons (Fsp3) is 0.800. The number of carboxylic acids is 1. The zero-order valence-electron chi connectivity index (χ0n) is 10.1. The lowest BCUT2D eigenvalue weighted by molar-refractivity contribution is -0.155. The first-order chi connectivity index (χ1) is 7.95. The number of rotatable bonds is 4. The quantitative estimate of drug-likeness (QED) is 0.552. The summed E-state index contributed by atoms with van der Waals surface area (Å²) < 4.78 is 17.6. The lowest BCUT2D eigenvalue weighted by Gasteiger charge is -2.19. The molecule has 0 amide bonds. The first-order valence-corrected chi connectivity index (χ1v) is 5.07. The maximum absolute atomic E-state index is 11.4. The molecule has 5 nitrogen and oxygen atoms in total. The second-order valence-electron chi connectivity index (χ2n) is 3.85. The third-order valence-electron chi connectivity index (χ3n) is 2.55. The molecule has 4 atom stereocenters. The molecule has 88 valence electrons. The summed E-state index contributed by atoms with van der Waals surface area (Å²) in [7, 11) is 5.64. The van der Waals surface area contributed by atoms with E-state index in [4.69, 9.17) is 23.8 Å². The Kier molecular flexibility index (Phi) is 3.82. The summed E-state index contributed by atoms with van der Waals surface area (Å²) in [6.07, 6.45) is -1.55. The number of aliphatic carboxylic acids is 1. The van der Waals surface area contributed by atoms with Gasteiger partial charge in [-0.15, -0.1) is 0 Å². The van der Waals surface area contributed by atoms with E-state index in [1.165, 1.54) is 0 Å². The van der Waals surface area contributed by atoms with Crippen molar-refractivity contribution in [3.05, 3.63) is 0 Å². The minimum Gasteiger partial charge on any atom is -0.481 e. The second kappa shape index (κ2) is 5.34. The lowest BCUT2D eigenvalue weighted by atomic mass is 9.86. The van der Waals surface area contributed by atoms with Gasteiger partial charge in [0, 0.05) is 13.3 Å². The molecule has 0 bridgehead atoms. The van der Waals surface area contributed by atoms with Crippen LogP contribution < -0.4 is 0 Å². The molecule has 1 heterocycles. The summed E-state index contributed by atoms with van der Waals surface area (Å²) in [6.45, 7) is 1.73. The Morgan fingerprint density at radius 2 is 2.25 bits per heavy atom. The molecule has 6 heteroatoms. The van der Waals surface area contributed by atoms with Gasteiger partial charge in [-0.3, -0.25) is 9.59 Å². The van der Waals surface area contributed by atoms with Crippen LogP contribution in [0.25, 0.3) is 0 Å². The van der Waals surface area contributed by atoms with Gasteiger partial charge < -0.3 is 14.6 Å². The maximum atomic E-state index is 11.4. The SMILES string of the molecule is [2H]C[C@H]1O[C@@H]([B])C(C)[C@H]1OC(=O)CCC(=O)O. The topological polar surface area (TPSA) is 72.8 Å². The molecule has 0 aromatic carbocycles. The van der Waals surface area contributed by atoms with Gasteiger partial charge in [0.05, 0.1) is 18.9 Å². The van der Waals surface area contributed by atoms with E-state index in [1.807, 2.05) is 0 Å². The molecule has 1 fully saturated rings. The van der Waals surface area contributed by atoms with Crippen LogP contribution in [0.3, 0.4) is 0 Å². The Morgan fingerprint density at radius 3 is 2.81 bits per heavy atom. The molecule has 0 aliphatic carbocycles. The molecule has 0 spiro atoms. The van der Waals surface area contributed by atoms with Gasteiger partial charge in [0.25, 0.3) is 0 Å². The molecule has 1 aliphatic rings. The molecule has 1 unspecified atom stereocenters. The summed E-state index contributed by atoms with van der Waals surface area (Å²) in [4.78, 5) is 21.7. The summed E-state index contributed by atoms with van der Waals surface area (Å²) in [5.41, 5.74) is 0. The van der Waals surface area contributed by atoms with Crippen molar-refractivity contribution >= 4 is 19.8 Å². The highest BCUT2D eigenvalue weighted by atomic mass is 16.6. The van der Waals surface area contributed by atoms with Gasteiger partial charge in [0.15, 0.2) is 0 Å². The number of hydrogen-bond acceptors (Lipinski definition) is 4. The number of ether oxygens (including phenoxy) is 2. The van der Waals surface area contributed by atoms with Crippen LogP contribution in [0.1, 0.15) is 28.0 Å². The highest BCUT2D eigenvalue weighted by molar-refractivity contribution is 6.11. The van der Waals surface area contributed by atoms with Gasteiger partial charge in [-0.2, -0.15) is 0 Å². The van der Waals surface area contributed by atoms with Crippen molar-refractivity contribution in [1.82, 2.24) is 0 Å². The van der Waals surface area contributed by atoms with Crippen LogP contribution in [0, 0.1) is 5.92 Å². The summed E-state index contributed by atoms with van der Waals surface area (Å²) in [5.74, 6) is -1.84. The highest BCUT2D eigenvalue weighted by Gasteiger charge is 2.39. The third kappa shape index (κ3) is 3.23. The van der Waals surface area contributed by atoms with Crippen LogP contribution in [-0.4, -0.2) is 43.1 Å². The van der Waals surface area contributed by atoms with Crippen LogP contribution in [0.5, 0.6) is 0 Å². The van der Waals surface area contributed by atoms with Crippen LogP contribution in [0.4, 0.5) is 0 Å². The first kappa shape index (κ1) is 11.5. The zero-order chi connectivity index (χ0) is 13.0. The van der Waals surface area contributed by atoms with Gasteiger partial charge in [-0.05, 0) is 6.90 Å². The minimum atomic E-state index is -1.05. The molecule has 0 aromatic heterocycles. The van der Waals surface area contributed by atoms with Crippen molar-refractivity contribution in [2.75, 3.05) is 0 Å². The minimum absolute atomic E-state index is 0.0467. The van der Waals surface area contributed by atoms with Crippen LogP contribution >= 0.6 is 0 Å². The van der Waals surface area contributed by atoms with Gasteiger partial charge in [-0.1, -0.05) is 6.92 Å². The average Bonchev–Trinajstić information content (AvgIpc) is 2.54. The lowest BCUT2D eigenvalue weighted by Crippen LogP contribution is -2.30. The van der Waals surface area contributed by atoms with Gasteiger partial charge >= 0.3 is 11.9 Å². The van der Waals surface area contributed by atoms with Gasteiger partial charge in [0.2, 0.25) is 0 Å². The van der Waals surface area contributed by atoms with E-state index in [2.05, 4.69) is 0 Å². The van der Waals surface area contributed by atoms with Crippen molar-refractivity contribution in [1.29, 1.82) is 0 Å². The molecule has 1 saturated heterocycles. The Hall–Kier alpha value is -1.04. The standard InChI is InChI=1S/C10H15BO5/c1-5-9(6(2)15-10(5)11)16-8(14)4-3-7(12)13/h5-6,9-10H,3-4H2,1-2H3,(H,12,13)/t5?,6-,9-,10-/m1/s1/i2D. The van der Waals surface area contributed by atoms with Crippen LogP contribution in [-0.2, 0) is 19.1 Å². The highest BCUT2D eigenvalue weighted by Crippen LogP contribution is 2.27. The van der Waals surface area contributed by atoms with E-state index in [1.54, 1.807) is 6.92 Å². The van der Waals surface area contributed by atoms with E-state index in [0.29, 0.717) is 0 Å². The van der Waals surface area contributed by atoms with Crippen molar-refractivity contribution in [3.8, 4) is 0 Å². The Balaban J connectivity index is 2.48. The van der Waals surface area contributed by atoms with Crippen LogP contribution in [0.2, 0.25) is 0 Å². The second-order valence-corrected chi connectivity index (χ2v) is 3.85. The van der Waals surface area contributed by atoms with Crippen molar-refractivity contribution in [2.45, 2.75) is 44.9 Å². The van der Waals surface area contributed by atoms with E-state index in [0.717, 1.165) is 0 Å². The van der Waals surface area contributed by atoms with Gasteiger partial charge in [-0.25, -0.2) is 0 Å². The molecule has 1 rings (SSSR count). The predicted octanol–water partition coefficient (Wildman–Crippen LogP) is 0.312. The smallest absolute Gasteiger partial charge is 0.306 e. The first-order valence-electron chi connectivity index (χ1n) is 5.78. The zero-order valence-corrected chi connectivity index (χ0v) is 9.09. The van der Waals surface area contributed by atoms with Gasteiger partial charge in [0.1, 0.15) is 14.0 Å². The average molecular weight is 227 g/mol. The normalized spacial score (nSPS) is 34.4. The van der Waals surface area contributed by atoms with E-state index in [-0.39, 0.29) is 25.7 Å². The molecule has 16 heavy (non-hydrogen) atoms. The molecule has 0 saturated carbocycles.